The minimum Gasteiger partial charge on any atom is -0.395 e. The van der Waals surface area contributed by atoms with Gasteiger partial charge in [-0.15, -0.1) is 11.3 Å². The predicted molar refractivity (Wildman–Crippen MR) is 79.9 cm³/mol. The largest absolute Gasteiger partial charge is 0.395 e. The number of nitrogens with one attached hydrogen (secondary N) is 1. The van der Waals surface area contributed by atoms with Gasteiger partial charge in [0.25, 0.3) is 0 Å². The second-order valence-electron chi connectivity index (χ2n) is 4.04. The Kier molecular flexibility index (Phi) is 5.09. The highest BCUT2D eigenvalue weighted by Crippen LogP contribution is 2.16. The van der Waals surface area contributed by atoms with Gasteiger partial charge in [-0.05, 0) is 29.1 Å². The summed E-state index contributed by atoms with van der Waals surface area (Å²) in [5.74, 6) is 0.537. The van der Waals surface area contributed by atoms with Crippen molar-refractivity contribution in [3.05, 3.63) is 52.2 Å². The molecule has 0 aliphatic rings. The molecule has 4 nitrogen and oxygen atoms in total. The summed E-state index contributed by atoms with van der Waals surface area (Å²) in [7, 11) is 0. The number of nitrogens with zero attached hydrogens (tertiary/aromatic N) is 1. The molecule has 0 bridgehead atoms. The van der Waals surface area contributed by atoms with Gasteiger partial charge in [0.2, 0.25) is 0 Å². The number of thiophene rings is 1. The molecule has 100 valence electrons. The first-order chi connectivity index (χ1) is 9.29. The minimum atomic E-state index is 0.142. The number of hydrogen-bond donors (Lipinski definition) is 3. The first-order valence-corrected chi connectivity index (χ1v) is 6.96. The second-order valence-corrected chi connectivity index (χ2v) is 4.99. The van der Waals surface area contributed by atoms with E-state index in [4.69, 9.17) is 10.8 Å². The average Bonchev–Trinajstić information content (AvgIpc) is 2.93. The van der Waals surface area contributed by atoms with Gasteiger partial charge in [0.1, 0.15) is 5.84 Å². The van der Waals surface area contributed by atoms with E-state index < -0.39 is 0 Å². The SMILES string of the molecule is NC(=Nc1cccc(CNCCO)c1)c1cccs1. The van der Waals surface area contributed by atoms with Crippen LogP contribution in [0.25, 0.3) is 0 Å². The van der Waals surface area contributed by atoms with Crippen LogP contribution in [0.2, 0.25) is 0 Å². The molecule has 4 N–H and O–H groups in total. The summed E-state index contributed by atoms with van der Waals surface area (Å²) in [5.41, 5.74) is 7.92. The Bertz CT molecular complexity index is 537. The molecule has 0 radical (unpaired) electrons. The fourth-order valence-corrected chi connectivity index (χ4v) is 2.29. The highest BCUT2D eigenvalue weighted by molar-refractivity contribution is 7.12. The summed E-state index contributed by atoms with van der Waals surface area (Å²) in [6, 6.07) is 11.8. The third-order valence-electron chi connectivity index (χ3n) is 2.55. The number of amidine groups is 1. The zero-order valence-electron chi connectivity index (χ0n) is 10.5. The van der Waals surface area contributed by atoms with Gasteiger partial charge in [-0.2, -0.15) is 0 Å². The van der Waals surface area contributed by atoms with Crippen LogP contribution >= 0.6 is 11.3 Å². The van der Waals surface area contributed by atoms with Crippen LogP contribution in [0, 0.1) is 0 Å². The van der Waals surface area contributed by atoms with E-state index in [1.54, 1.807) is 11.3 Å². The molecule has 0 saturated heterocycles. The number of rotatable bonds is 6. The van der Waals surface area contributed by atoms with Crippen LogP contribution in [0.1, 0.15) is 10.4 Å². The Morgan fingerprint density at radius 3 is 2.95 bits per heavy atom. The predicted octanol–water partition coefficient (Wildman–Crippen LogP) is 1.87. The van der Waals surface area contributed by atoms with E-state index in [1.807, 2.05) is 41.8 Å². The first-order valence-electron chi connectivity index (χ1n) is 6.08. The molecule has 0 amide bonds. The van der Waals surface area contributed by atoms with E-state index in [0.29, 0.717) is 18.9 Å². The lowest BCUT2D eigenvalue weighted by Gasteiger charge is -2.04. The summed E-state index contributed by atoms with van der Waals surface area (Å²) in [4.78, 5) is 5.39. The number of benzene rings is 1. The van der Waals surface area contributed by atoms with Gasteiger partial charge < -0.3 is 16.2 Å². The molecule has 1 aromatic heterocycles. The minimum absolute atomic E-state index is 0.142. The smallest absolute Gasteiger partial charge is 0.141 e. The lowest BCUT2D eigenvalue weighted by atomic mass is 10.2. The summed E-state index contributed by atoms with van der Waals surface area (Å²) in [5, 5.41) is 13.8. The number of nitrogens with two attached hydrogens (primary N) is 1. The lowest BCUT2D eigenvalue weighted by Crippen LogP contribution is -2.17. The summed E-state index contributed by atoms with van der Waals surface area (Å²) < 4.78 is 0. The van der Waals surface area contributed by atoms with E-state index in [9.17, 15) is 0 Å². The monoisotopic (exact) mass is 275 g/mol. The van der Waals surface area contributed by atoms with Crippen LogP contribution in [0.4, 0.5) is 5.69 Å². The molecule has 1 heterocycles. The Labute approximate surface area is 116 Å². The third kappa shape index (κ3) is 4.17. The Morgan fingerprint density at radius 1 is 1.32 bits per heavy atom. The topological polar surface area (TPSA) is 70.6 Å². The average molecular weight is 275 g/mol. The van der Waals surface area contributed by atoms with Crippen LogP contribution in [0.3, 0.4) is 0 Å². The zero-order valence-corrected chi connectivity index (χ0v) is 11.4. The third-order valence-corrected chi connectivity index (χ3v) is 3.44. The summed E-state index contributed by atoms with van der Waals surface area (Å²) in [6.45, 7) is 1.44. The van der Waals surface area contributed by atoms with Crippen LogP contribution in [-0.4, -0.2) is 24.1 Å². The van der Waals surface area contributed by atoms with Crippen molar-refractivity contribution < 1.29 is 5.11 Å². The maximum absolute atomic E-state index is 8.72. The van der Waals surface area contributed by atoms with Crippen molar-refractivity contribution in [2.75, 3.05) is 13.2 Å². The van der Waals surface area contributed by atoms with E-state index >= 15 is 0 Å². The van der Waals surface area contributed by atoms with Gasteiger partial charge in [-0.1, -0.05) is 18.2 Å². The lowest BCUT2D eigenvalue weighted by molar-refractivity contribution is 0.292. The summed E-state index contributed by atoms with van der Waals surface area (Å²) in [6.07, 6.45) is 0. The van der Waals surface area contributed by atoms with Crippen molar-refractivity contribution >= 4 is 22.9 Å². The van der Waals surface area contributed by atoms with Gasteiger partial charge in [0.15, 0.2) is 0 Å². The molecular formula is C14H17N3OS. The van der Waals surface area contributed by atoms with Crippen molar-refractivity contribution in [3.8, 4) is 0 Å². The highest BCUT2D eigenvalue weighted by atomic mass is 32.1. The fraction of sp³-hybridized carbons (Fsp3) is 0.214. The van der Waals surface area contributed by atoms with Crippen LogP contribution in [0.5, 0.6) is 0 Å². The molecule has 19 heavy (non-hydrogen) atoms. The number of aliphatic hydroxyl groups excluding tert-OH is 1. The van der Waals surface area contributed by atoms with Crippen LogP contribution < -0.4 is 11.1 Å². The second kappa shape index (κ2) is 7.04. The van der Waals surface area contributed by atoms with E-state index in [0.717, 1.165) is 16.1 Å². The normalized spacial score (nSPS) is 11.7. The molecule has 2 rings (SSSR count). The fourth-order valence-electron chi connectivity index (χ4n) is 1.67. The standard InChI is InChI=1S/C14H17N3OS/c15-14(13-5-2-8-19-13)17-12-4-1-3-11(9-12)10-16-6-7-18/h1-5,8-9,16,18H,6-7,10H2,(H2,15,17). The molecule has 1 aromatic carbocycles. The molecule has 0 fully saturated rings. The molecule has 0 aliphatic heterocycles. The number of aliphatic hydroxyl groups is 1. The van der Waals surface area contributed by atoms with Gasteiger partial charge in [-0.3, -0.25) is 0 Å². The van der Waals surface area contributed by atoms with Crippen molar-refractivity contribution in [1.82, 2.24) is 5.32 Å². The Balaban J connectivity index is 2.08. The molecule has 0 aliphatic carbocycles. The zero-order chi connectivity index (χ0) is 13.5. The van der Waals surface area contributed by atoms with Crippen molar-refractivity contribution in [1.29, 1.82) is 0 Å². The highest BCUT2D eigenvalue weighted by Gasteiger charge is 2.00. The maximum atomic E-state index is 8.72. The van der Waals surface area contributed by atoms with Gasteiger partial charge in [0, 0.05) is 13.1 Å². The van der Waals surface area contributed by atoms with Gasteiger partial charge in [0.05, 0.1) is 17.2 Å². The first kappa shape index (κ1) is 13.7. The maximum Gasteiger partial charge on any atom is 0.141 e. The van der Waals surface area contributed by atoms with Crippen molar-refractivity contribution in [2.24, 2.45) is 10.7 Å². The van der Waals surface area contributed by atoms with Crippen molar-refractivity contribution in [3.63, 3.8) is 0 Å². The molecule has 0 unspecified atom stereocenters. The van der Waals surface area contributed by atoms with Crippen molar-refractivity contribution in [2.45, 2.75) is 6.54 Å². The van der Waals surface area contributed by atoms with Crippen LogP contribution in [0.15, 0.2) is 46.8 Å². The number of hydrogen-bond acceptors (Lipinski definition) is 4. The molecule has 0 atom stereocenters. The molecule has 5 heteroatoms. The van der Waals surface area contributed by atoms with E-state index in [-0.39, 0.29) is 6.61 Å². The van der Waals surface area contributed by atoms with Crippen LogP contribution in [-0.2, 0) is 6.54 Å². The number of aliphatic imine (C=N–C) groups is 1. The Morgan fingerprint density at radius 2 is 2.21 bits per heavy atom. The van der Waals surface area contributed by atoms with Gasteiger partial charge in [-0.25, -0.2) is 4.99 Å². The molecule has 2 aromatic rings. The molecule has 0 saturated carbocycles. The van der Waals surface area contributed by atoms with Gasteiger partial charge >= 0.3 is 0 Å². The quantitative estimate of drug-likeness (QED) is 0.428. The molecular weight excluding hydrogens is 258 g/mol. The molecule has 0 spiro atoms. The van der Waals surface area contributed by atoms with E-state index in [1.165, 1.54) is 0 Å². The summed E-state index contributed by atoms with van der Waals surface area (Å²) >= 11 is 1.58. The van der Waals surface area contributed by atoms with E-state index in [2.05, 4.69) is 10.3 Å². The Hall–Kier alpha value is -1.69.